The molecule has 88 valence electrons. The first kappa shape index (κ1) is 11.5. The Balaban J connectivity index is 2.27. The van der Waals surface area contributed by atoms with Crippen LogP contribution in [0.4, 0.5) is 0 Å². The molecule has 2 N–H and O–H groups in total. The normalized spacial score (nSPS) is 24.0. The first-order valence-electron chi connectivity index (χ1n) is 5.21. The van der Waals surface area contributed by atoms with Crippen molar-refractivity contribution in [2.75, 3.05) is 0 Å². The van der Waals surface area contributed by atoms with Crippen LogP contribution < -0.4 is 0 Å². The summed E-state index contributed by atoms with van der Waals surface area (Å²) >= 11 is 0. The van der Waals surface area contributed by atoms with Crippen molar-refractivity contribution in [3.8, 4) is 5.75 Å². The van der Waals surface area contributed by atoms with Gasteiger partial charge in [-0.1, -0.05) is 12.1 Å². The van der Waals surface area contributed by atoms with Gasteiger partial charge in [-0.15, -0.1) is 0 Å². The molecule has 0 amide bonds. The molecule has 0 spiro atoms. The topological polar surface area (TPSA) is 74.6 Å². The lowest BCUT2D eigenvalue weighted by Gasteiger charge is -2.19. The number of aromatic hydroxyl groups is 1. The van der Waals surface area contributed by atoms with Gasteiger partial charge in [-0.25, -0.2) is 0 Å². The van der Waals surface area contributed by atoms with E-state index in [-0.39, 0.29) is 17.7 Å². The van der Waals surface area contributed by atoms with Gasteiger partial charge < -0.3 is 10.2 Å². The minimum absolute atomic E-state index is 0.0706. The first-order chi connectivity index (χ1) is 7.93. The molecule has 0 saturated carbocycles. The monoisotopic (exact) mass is 232 g/mol. The largest absolute Gasteiger partial charge is 0.508 e. The molecule has 0 aliphatic heterocycles. The van der Waals surface area contributed by atoms with Crippen molar-refractivity contribution < 1.29 is 19.8 Å². The van der Waals surface area contributed by atoms with Crippen LogP contribution >= 0.6 is 0 Å². The number of Topliss-reactive ketones (excluding diaryl/α,β-unsaturated/α-hetero) is 1. The fourth-order valence-corrected chi connectivity index (χ4v) is 1.90. The molecule has 1 aromatic rings. The molecule has 0 aromatic heterocycles. The average Bonchev–Trinajstić information content (AvgIpc) is 2.47. The molecule has 4 nitrogen and oxygen atoms in total. The number of aliphatic hydroxyl groups is 1. The van der Waals surface area contributed by atoms with Crippen LogP contribution in [-0.4, -0.2) is 27.4 Å². The van der Waals surface area contributed by atoms with Gasteiger partial charge in [0.2, 0.25) is 0 Å². The van der Waals surface area contributed by atoms with Crippen molar-refractivity contribution in [2.45, 2.75) is 18.9 Å². The molecule has 1 aliphatic carbocycles. The Bertz CT molecular complexity index is 513. The van der Waals surface area contributed by atoms with E-state index in [1.807, 2.05) is 0 Å². The molecule has 0 fully saturated rings. The number of rotatable bonds is 2. The molecule has 4 heteroatoms. The van der Waals surface area contributed by atoms with Gasteiger partial charge in [-0.2, -0.15) is 0 Å². The number of hydrogen-bond acceptors (Lipinski definition) is 4. The van der Waals surface area contributed by atoms with E-state index in [9.17, 15) is 14.7 Å². The summed E-state index contributed by atoms with van der Waals surface area (Å²) in [5.41, 5.74) is -1.08. The summed E-state index contributed by atoms with van der Waals surface area (Å²) in [7, 11) is 0. The molecule has 1 unspecified atom stereocenters. The smallest absolute Gasteiger partial charge is 0.198 e. The average molecular weight is 232 g/mol. The van der Waals surface area contributed by atoms with Gasteiger partial charge in [0.1, 0.15) is 5.75 Å². The molecule has 0 radical (unpaired) electrons. The van der Waals surface area contributed by atoms with Crippen molar-refractivity contribution in [3.63, 3.8) is 0 Å². The molecule has 1 aliphatic rings. The number of ketones is 2. The maximum atomic E-state index is 11.7. The molecule has 2 rings (SSSR count). The Kier molecular flexibility index (Phi) is 2.59. The predicted molar refractivity (Wildman–Crippen MR) is 60.5 cm³/mol. The molecule has 0 heterocycles. The van der Waals surface area contributed by atoms with Gasteiger partial charge in [0.05, 0.1) is 0 Å². The van der Waals surface area contributed by atoms with Crippen molar-refractivity contribution >= 4 is 11.6 Å². The lowest BCUT2D eigenvalue weighted by atomic mass is 9.89. The van der Waals surface area contributed by atoms with Crippen LogP contribution in [0.2, 0.25) is 0 Å². The fourth-order valence-electron chi connectivity index (χ4n) is 1.90. The minimum Gasteiger partial charge on any atom is -0.508 e. The summed E-state index contributed by atoms with van der Waals surface area (Å²) in [6.45, 7) is 1.51. The highest BCUT2D eigenvalue weighted by Crippen LogP contribution is 2.26. The van der Waals surface area contributed by atoms with Gasteiger partial charge in [-0.05, 0) is 36.3 Å². The summed E-state index contributed by atoms with van der Waals surface area (Å²) in [5, 5.41) is 19.2. The van der Waals surface area contributed by atoms with Gasteiger partial charge in [0.15, 0.2) is 17.2 Å². The molecule has 17 heavy (non-hydrogen) atoms. The van der Waals surface area contributed by atoms with Crippen molar-refractivity contribution in [1.29, 1.82) is 0 Å². The number of carbonyl (C=O) groups is 2. The third kappa shape index (κ3) is 1.87. The second kappa shape index (κ2) is 3.82. The Morgan fingerprint density at radius 1 is 1.18 bits per heavy atom. The zero-order valence-electron chi connectivity index (χ0n) is 9.30. The van der Waals surface area contributed by atoms with Crippen LogP contribution in [0.15, 0.2) is 35.9 Å². The summed E-state index contributed by atoms with van der Waals surface area (Å²) in [5.74, 6) is -1.03. The summed E-state index contributed by atoms with van der Waals surface area (Å²) in [4.78, 5) is 23.3. The van der Waals surface area contributed by atoms with Crippen LogP contribution in [0.1, 0.15) is 12.5 Å². The quantitative estimate of drug-likeness (QED) is 0.738. The standard InChI is InChI=1S/C13H12O4/c1-8-6-11(15)13(17,12(8)16)7-9-2-4-10(14)5-3-9/h2-6,14,17H,7H2,1H3. The van der Waals surface area contributed by atoms with Crippen LogP contribution in [0.25, 0.3) is 0 Å². The van der Waals surface area contributed by atoms with Gasteiger partial charge in [-0.3, -0.25) is 9.59 Å². The van der Waals surface area contributed by atoms with E-state index >= 15 is 0 Å². The van der Waals surface area contributed by atoms with Crippen LogP contribution in [0.5, 0.6) is 5.75 Å². The lowest BCUT2D eigenvalue weighted by Crippen LogP contribution is -2.44. The summed E-state index contributed by atoms with van der Waals surface area (Å²) in [6.07, 6.45) is 1.10. The number of benzene rings is 1. The van der Waals surface area contributed by atoms with E-state index in [2.05, 4.69) is 0 Å². The van der Waals surface area contributed by atoms with Gasteiger partial charge >= 0.3 is 0 Å². The maximum absolute atomic E-state index is 11.7. The number of phenols is 1. The zero-order valence-corrected chi connectivity index (χ0v) is 9.30. The molecule has 0 saturated heterocycles. The fraction of sp³-hybridized carbons (Fsp3) is 0.231. The van der Waals surface area contributed by atoms with E-state index < -0.39 is 17.2 Å². The molecule has 1 atom stereocenters. The van der Waals surface area contributed by atoms with Crippen molar-refractivity contribution in [1.82, 2.24) is 0 Å². The van der Waals surface area contributed by atoms with E-state index in [4.69, 9.17) is 5.11 Å². The third-order valence-electron chi connectivity index (χ3n) is 2.89. The van der Waals surface area contributed by atoms with Crippen LogP contribution in [0.3, 0.4) is 0 Å². The first-order valence-corrected chi connectivity index (χ1v) is 5.21. The summed E-state index contributed by atoms with van der Waals surface area (Å²) < 4.78 is 0. The highest BCUT2D eigenvalue weighted by atomic mass is 16.3. The Labute approximate surface area is 98.2 Å². The SMILES string of the molecule is CC1=CC(=O)C(O)(Cc2ccc(O)cc2)C1=O. The second-order valence-corrected chi connectivity index (χ2v) is 4.22. The van der Waals surface area contributed by atoms with E-state index in [1.165, 1.54) is 25.1 Å². The third-order valence-corrected chi connectivity index (χ3v) is 2.89. The molecular formula is C13H12O4. The van der Waals surface area contributed by atoms with Gasteiger partial charge in [0, 0.05) is 6.42 Å². The van der Waals surface area contributed by atoms with Crippen LogP contribution in [-0.2, 0) is 16.0 Å². The van der Waals surface area contributed by atoms with E-state index in [0.717, 1.165) is 0 Å². The summed E-state index contributed by atoms with van der Waals surface area (Å²) in [6, 6.07) is 6.04. The Morgan fingerprint density at radius 2 is 1.76 bits per heavy atom. The highest BCUT2D eigenvalue weighted by Gasteiger charge is 2.47. The van der Waals surface area contributed by atoms with Gasteiger partial charge in [0.25, 0.3) is 0 Å². The number of carbonyl (C=O) groups excluding carboxylic acids is 2. The number of phenolic OH excluding ortho intramolecular Hbond substituents is 1. The number of hydrogen-bond donors (Lipinski definition) is 2. The minimum atomic E-state index is -1.97. The Morgan fingerprint density at radius 3 is 2.24 bits per heavy atom. The lowest BCUT2D eigenvalue weighted by molar-refractivity contribution is -0.143. The molecule has 1 aromatic carbocycles. The Hall–Kier alpha value is -1.94. The van der Waals surface area contributed by atoms with E-state index in [1.54, 1.807) is 12.1 Å². The molecule has 0 bridgehead atoms. The van der Waals surface area contributed by atoms with Crippen LogP contribution in [0, 0.1) is 0 Å². The van der Waals surface area contributed by atoms with E-state index in [0.29, 0.717) is 5.56 Å². The van der Waals surface area contributed by atoms with Crippen molar-refractivity contribution in [2.24, 2.45) is 0 Å². The molecular weight excluding hydrogens is 220 g/mol. The predicted octanol–water partition coefficient (Wildman–Crippen LogP) is 0.764. The highest BCUT2D eigenvalue weighted by molar-refractivity contribution is 6.27. The van der Waals surface area contributed by atoms with Crippen molar-refractivity contribution in [3.05, 3.63) is 41.5 Å². The zero-order chi connectivity index (χ0) is 12.6. The second-order valence-electron chi connectivity index (χ2n) is 4.22. The maximum Gasteiger partial charge on any atom is 0.198 e.